The van der Waals surface area contributed by atoms with E-state index in [1.807, 2.05) is 0 Å². The van der Waals surface area contributed by atoms with Gasteiger partial charge in [-0.3, -0.25) is 0 Å². The molecular weight excluding hydrogens is 274 g/mol. The summed E-state index contributed by atoms with van der Waals surface area (Å²) in [5.74, 6) is 0. The first-order valence-electron chi connectivity index (χ1n) is 5.06. The number of hydrogen-bond acceptors (Lipinski definition) is 1. The third kappa shape index (κ3) is 5.61. The fourth-order valence-electron chi connectivity index (χ4n) is 1.48. The molecule has 0 radical (unpaired) electrons. The maximum Gasteiger partial charge on any atom is 0.389 e. The van der Waals surface area contributed by atoms with Crippen LogP contribution >= 0.6 is 23.2 Å². The topological polar surface area (TPSA) is 26.0 Å². The number of nitrogens with two attached hydrogens (primary N) is 1. The van der Waals surface area contributed by atoms with Crippen LogP contribution in [0.2, 0.25) is 10.0 Å². The monoisotopic (exact) mass is 285 g/mol. The molecule has 0 aliphatic heterocycles. The van der Waals surface area contributed by atoms with Gasteiger partial charge in [-0.05, 0) is 36.6 Å². The second-order valence-corrected chi connectivity index (χ2v) is 4.69. The standard InChI is InChI=1S/C11H12Cl2F3N/c12-8-4-7(5-9(13)6-8)10(17)2-1-3-11(14,15)16/h4-6,10H,1-3,17H2. The lowest BCUT2D eigenvalue weighted by Crippen LogP contribution is -2.13. The van der Waals surface area contributed by atoms with Gasteiger partial charge in [0.05, 0.1) is 0 Å². The third-order valence-corrected chi connectivity index (χ3v) is 2.72. The summed E-state index contributed by atoms with van der Waals surface area (Å²) in [6.45, 7) is 0. The van der Waals surface area contributed by atoms with E-state index >= 15 is 0 Å². The highest BCUT2D eigenvalue weighted by Crippen LogP contribution is 2.27. The quantitative estimate of drug-likeness (QED) is 0.851. The lowest BCUT2D eigenvalue weighted by molar-refractivity contribution is -0.135. The Morgan fingerprint density at radius 1 is 1.12 bits per heavy atom. The first-order valence-corrected chi connectivity index (χ1v) is 5.82. The van der Waals surface area contributed by atoms with Crippen molar-refractivity contribution in [1.29, 1.82) is 0 Å². The Labute approximate surface area is 108 Å². The summed E-state index contributed by atoms with van der Waals surface area (Å²) >= 11 is 11.6. The molecule has 0 heterocycles. The Bertz CT molecular complexity index is 359. The zero-order valence-electron chi connectivity index (χ0n) is 8.90. The molecule has 0 saturated carbocycles. The smallest absolute Gasteiger partial charge is 0.324 e. The van der Waals surface area contributed by atoms with Crippen molar-refractivity contribution < 1.29 is 13.2 Å². The Morgan fingerprint density at radius 2 is 1.65 bits per heavy atom. The highest BCUT2D eigenvalue weighted by atomic mass is 35.5. The van der Waals surface area contributed by atoms with E-state index < -0.39 is 18.6 Å². The number of benzene rings is 1. The van der Waals surface area contributed by atoms with Crippen LogP contribution < -0.4 is 5.73 Å². The molecule has 0 aliphatic rings. The molecule has 0 saturated heterocycles. The molecule has 0 amide bonds. The Balaban J connectivity index is 2.55. The minimum atomic E-state index is -4.13. The van der Waals surface area contributed by atoms with Crippen LogP contribution in [0.15, 0.2) is 18.2 Å². The molecule has 0 aromatic heterocycles. The molecule has 1 nitrogen and oxygen atoms in total. The van der Waals surface area contributed by atoms with Gasteiger partial charge in [-0.15, -0.1) is 0 Å². The summed E-state index contributed by atoms with van der Waals surface area (Å²) in [5.41, 5.74) is 6.43. The molecule has 1 rings (SSSR count). The highest BCUT2D eigenvalue weighted by molar-refractivity contribution is 6.34. The Morgan fingerprint density at radius 3 is 2.12 bits per heavy atom. The van der Waals surface area contributed by atoms with Crippen LogP contribution in [0.25, 0.3) is 0 Å². The lowest BCUT2D eigenvalue weighted by Gasteiger charge is -2.13. The molecule has 1 aromatic carbocycles. The SMILES string of the molecule is NC(CCCC(F)(F)F)c1cc(Cl)cc(Cl)c1. The minimum absolute atomic E-state index is 0.00516. The van der Waals surface area contributed by atoms with Crippen LogP contribution in [0, 0.1) is 0 Å². The van der Waals surface area contributed by atoms with Crippen molar-refractivity contribution in [3.63, 3.8) is 0 Å². The zero-order valence-corrected chi connectivity index (χ0v) is 10.4. The van der Waals surface area contributed by atoms with E-state index in [1.54, 1.807) is 18.2 Å². The first kappa shape index (κ1) is 14.6. The normalized spacial score (nSPS) is 13.8. The van der Waals surface area contributed by atoms with Gasteiger partial charge in [-0.1, -0.05) is 23.2 Å². The number of rotatable bonds is 4. The van der Waals surface area contributed by atoms with Crippen molar-refractivity contribution >= 4 is 23.2 Å². The van der Waals surface area contributed by atoms with Gasteiger partial charge in [0, 0.05) is 22.5 Å². The first-order chi connectivity index (χ1) is 7.78. The van der Waals surface area contributed by atoms with E-state index in [4.69, 9.17) is 28.9 Å². The number of alkyl halides is 3. The maximum absolute atomic E-state index is 12.0. The fourth-order valence-corrected chi connectivity index (χ4v) is 2.02. The maximum atomic E-state index is 12.0. The molecule has 1 aromatic rings. The van der Waals surface area contributed by atoms with Gasteiger partial charge in [0.2, 0.25) is 0 Å². The summed E-state index contributed by atoms with van der Waals surface area (Å²) in [7, 11) is 0. The van der Waals surface area contributed by atoms with Gasteiger partial charge >= 0.3 is 6.18 Å². The average Bonchev–Trinajstić information content (AvgIpc) is 2.13. The second-order valence-electron chi connectivity index (χ2n) is 3.82. The zero-order chi connectivity index (χ0) is 13.1. The van der Waals surface area contributed by atoms with Crippen molar-refractivity contribution in [3.05, 3.63) is 33.8 Å². The predicted octanol–water partition coefficient (Wildman–Crippen LogP) is 4.73. The van der Waals surface area contributed by atoms with Crippen LogP contribution in [-0.4, -0.2) is 6.18 Å². The van der Waals surface area contributed by atoms with E-state index in [0.29, 0.717) is 15.6 Å². The van der Waals surface area contributed by atoms with Crippen LogP contribution in [0.4, 0.5) is 13.2 Å². The fraction of sp³-hybridized carbons (Fsp3) is 0.455. The summed E-state index contributed by atoms with van der Waals surface area (Å²) in [5, 5.41) is 0.859. The van der Waals surface area contributed by atoms with Gasteiger partial charge in [0.1, 0.15) is 0 Å². The van der Waals surface area contributed by atoms with Gasteiger partial charge in [0.25, 0.3) is 0 Å². The average molecular weight is 286 g/mol. The largest absolute Gasteiger partial charge is 0.389 e. The van der Waals surface area contributed by atoms with Crippen molar-refractivity contribution in [1.82, 2.24) is 0 Å². The summed E-state index contributed by atoms with van der Waals surface area (Å²) in [4.78, 5) is 0. The molecule has 17 heavy (non-hydrogen) atoms. The lowest BCUT2D eigenvalue weighted by atomic mass is 10.0. The van der Waals surface area contributed by atoms with Crippen molar-refractivity contribution in [2.24, 2.45) is 5.73 Å². The van der Waals surface area contributed by atoms with Crippen molar-refractivity contribution in [2.75, 3.05) is 0 Å². The summed E-state index contributed by atoms with van der Waals surface area (Å²) in [6, 6.07) is 4.31. The van der Waals surface area contributed by atoms with E-state index in [-0.39, 0.29) is 12.8 Å². The van der Waals surface area contributed by atoms with E-state index in [9.17, 15) is 13.2 Å². The van der Waals surface area contributed by atoms with Gasteiger partial charge in [-0.2, -0.15) is 13.2 Å². The molecule has 1 unspecified atom stereocenters. The number of halogens is 5. The Kier molecular flexibility index (Phi) is 5.10. The van der Waals surface area contributed by atoms with Crippen molar-refractivity contribution in [3.8, 4) is 0 Å². The molecule has 0 spiro atoms. The summed E-state index contributed by atoms with van der Waals surface area (Å²) < 4.78 is 35.9. The molecule has 0 aliphatic carbocycles. The molecule has 0 bridgehead atoms. The van der Waals surface area contributed by atoms with Gasteiger partial charge in [-0.25, -0.2) is 0 Å². The van der Waals surface area contributed by atoms with Gasteiger partial charge < -0.3 is 5.73 Å². The highest BCUT2D eigenvalue weighted by Gasteiger charge is 2.26. The van der Waals surface area contributed by atoms with Crippen LogP contribution in [0.1, 0.15) is 30.9 Å². The molecule has 2 N–H and O–H groups in total. The van der Waals surface area contributed by atoms with Crippen LogP contribution in [0.5, 0.6) is 0 Å². The molecule has 0 fully saturated rings. The summed E-state index contributed by atoms with van der Waals surface area (Å²) in [6.07, 6.45) is -4.72. The van der Waals surface area contributed by atoms with E-state index in [0.717, 1.165) is 0 Å². The predicted molar refractivity (Wildman–Crippen MR) is 63.3 cm³/mol. The second kappa shape index (κ2) is 5.94. The molecule has 96 valence electrons. The molecule has 1 atom stereocenters. The van der Waals surface area contributed by atoms with E-state index in [2.05, 4.69) is 0 Å². The number of hydrogen-bond donors (Lipinski definition) is 1. The van der Waals surface area contributed by atoms with E-state index in [1.165, 1.54) is 0 Å². The van der Waals surface area contributed by atoms with Crippen LogP contribution in [0.3, 0.4) is 0 Å². The minimum Gasteiger partial charge on any atom is -0.324 e. The van der Waals surface area contributed by atoms with Crippen molar-refractivity contribution in [2.45, 2.75) is 31.5 Å². The third-order valence-electron chi connectivity index (χ3n) is 2.29. The van der Waals surface area contributed by atoms with Gasteiger partial charge in [0.15, 0.2) is 0 Å². The molecule has 6 heteroatoms. The van der Waals surface area contributed by atoms with Crippen LogP contribution in [-0.2, 0) is 0 Å². The molecular formula is C11H12Cl2F3N. The Hall–Kier alpha value is -0.450.